The van der Waals surface area contributed by atoms with Gasteiger partial charge in [0.1, 0.15) is 0 Å². The molecule has 1 atom stereocenters. The summed E-state index contributed by atoms with van der Waals surface area (Å²) in [5.41, 5.74) is 11.3. The predicted molar refractivity (Wildman–Crippen MR) is 92.9 cm³/mol. The molecule has 0 bridgehead atoms. The molecular weight excluding hydrogens is 330 g/mol. The van der Waals surface area contributed by atoms with Gasteiger partial charge in [0.05, 0.1) is 12.8 Å². The quantitative estimate of drug-likeness (QED) is 0.342. The van der Waals surface area contributed by atoms with Crippen LogP contribution in [0.1, 0.15) is 32.6 Å². The number of likely N-dealkylation sites (tertiary alicyclic amines) is 1. The summed E-state index contributed by atoms with van der Waals surface area (Å²) in [4.78, 5) is 29.7. The smallest absolute Gasteiger partial charge is 0.303 e. The molecule has 2 aliphatic heterocycles. The van der Waals surface area contributed by atoms with Crippen LogP contribution in [0.15, 0.2) is 9.98 Å². The van der Waals surface area contributed by atoms with Gasteiger partial charge < -0.3 is 31.9 Å². The van der Waals surface area contributed by atoms with Crippen molar-refractivity contribution in [3.05, 3.63) is 0 Å². The number of nitrogens with zero attached hydrogens (tertiary/aromatic N) is 3. The number of rotatable bonds is 5. The Bertz CT molecular complexity index is 529. The van der Waals surface area contributed by atoms with Gasteiger partial charge in [0.2, 0.25) is 5.96 Å². The molecule has 0 spiro atoms. The van der Waals surface area contributed by atoms with Gasteiger partial charge >= 0.3 is 11.9 Å². The van der Waals surface area contributed by atoms with Crippen LogP contribution in [0.25, 0.3) is 0 Å². The van der Waals surface area contributed by atoms with Gasteiger partial charge in [0, 0.05) is 6.04 Å². The molecule has 142 valence electrons. The summed E-state index contributed by atoms with van der Waals surface area (Å²) in [7, 11) is 2.14. The maximum absolute atomic E-state index is 9.64. The van der Waals surface area contributed by atoms with Crippen LogP contribution in [0.4, 0.5) is 0 Å². The van der Waals surface area contributed by atoms with Crippen molar-refractivity contribution in [1.29, 1.82) is 0 Å². The Morgan fingerprint density at radius 2 is 1.80 bits per heavy atom. The van der Waals surface area contributed by atoms with Crippen molar-refractivity contribution < 1.29 is 19.8 Å². The Kier molecular flexibility index (Phi) is 7.58. The number of hydrogen-bond acceptors (Lipinski definition) is 9. The second-order valence-corrected chi connectivity index (χ2v) is 6.17. The zero-order valence-corrected chi connectivity index (χ0v) is 14.5. The van der Waals surface area contributed by atoms with Gasteiger partial charge in [0.25, 0.3) is 0 Å². The summed E-state index contributed by atoms with van der Waals surface area (Å²) < 4.78 is 0. The minimum absolute atomic E-state index is 0.212. The SMILES string of the molecule is CN1CCC(NC2(C)N=C(N)N=C(N)N2)CC1.O=C(O)CCC(=O)O. The third-order valence-corrected chi connectivity index (χ3v) is 3.70. The molecule has 1 unspecified atom stereocenters. The van der Waals surface area contributed by atoms with E-state index in [-0.39, 0.29) is 18.8 Å². The molecule has 0 saturated carbocycles. The molecule has 2 heterocycles. The minimum atomic E-state index is -1.08. The highest BCUT2D eigenvalue weighted by Crippen LogP contribution is 2.14. The maximum Gasteiger partial charge on any atom is 0.303 e. The molecule has 2 aliphatic rings. The van der Waals surface area contributed by atoms with E-state index in [1.165, 1.54) is 0 Å². The highest BCUT2D eigenvalue weighted by molar-refractivity contribution is 5.95. The van der Waals surface area contributed by atoms with Crippen LogP contribution < -0.4 is 22.1 Å². The van der Waals surface area contributed by atoms with E-state index in [4.69, 9.17) is 21.7 Å². The summed E-state index contributed by atoms with van der Waals surface area (Å²) in [6, 6.07) is 0.422. The second-order valence-electron chi connectivity index (χ2n) is 6.17. The molecule has 0 amide bonds. The first kappa shape index (κ1) is 20.6. The fourth-order valence-corrected chi connectivity index (χ4v) is 2.52. The minimum Gasteiger partial charge on any atom is -0.481 e. The lowest BCUT2D eigenvalue weighted by Crippen LogP contribution is -2.63. The topological polar surface area (TPSA) is 179 Å². The van der Waals surface area contributed by atoms with Crippen molar-refractivity contribution in [2.24, 2.45) is 21.5 Å². The number of nitrogens with one attached hydrogen (secondary N) is 2. The van der Waals surface area contributed by atoms with Crippen molar-refractivity contribution in [2.45, 2.75) is 44.4 Å². The molecular formula is C14H27N7O4. The Morgan fingerprint density at radius 1 is 1.28 bits per heavy atom. The van der Waals surface area contributed by atoms with Gasteiger partial charge in [-0.3, -0.25) is 14.9 Å². The van der Waals surface area contributed by atoms with Crippen molar-refractivity contribution in [3.8, 4) is 0 Å². The molecule has 0 aliphatic carbocycles. The lowest BCUT2D eigenvalue weighted by molar-refractivity contribution is -0.143. The van der Waals surface area contributed by atoms with Gasteiger partial charge in [-0.25, -0.2) is 4.99 Å². The number of carboxylic acid groups (broad SMARTS) is 2. The van der Waals surface area contributed by atoms with Crippen LogP contribution in [-0.4, -0.2) is 70.9 Å². The number of carboxylic acids is 2. The Labute approximate surface area is 146 Å². The van der Waals surface area contributed by atoms with Crippen LogP contribution in [0, 0.1) is 0 Å². The molecule has 11 nitrogen and oxygen atoms in total. The van der Waals surface area contributed by atoms with Crippen molar-refractivity contribution in [2.75, 3.05) is 20.1 Å². The van der Waals surface area contributed by atoms with E-state index in [1.54, 1.807) is 0 Å². The first-order valence-electron chi connectivity index (χ1n) is 7.97. The molecule has 11 heteroatoms. The normalized spacial score (nSPS) is 24.2. The number of hydrogen-bond donors (Lipinski definition) is 6. The molecule has 0 aromatic carbocycles. The molecule has 1 saturated heterocycles. The van der Waals surface area contributed by atoms with Crippen molar-refractivity contribution in [1.82, 2.24) is 15.5 Å². The lowest BCUT2D eigenvalue weighted by Gasteiger charge is -2.37. The number of carbonyl (C=O) groups is 2. The fourth-order valence-electron chi connectivity index (χ4n) is 2.52. The molecule has 0 aromatic heterocycles. The average Bonchev–Trinajstić information content (AvgIpc) is 2.46. The first-order chi connectivity index (χ1) is 11.6. The first-order valence-corrected chi connectivity index (χ1v) is 7.97. The summed E-state index contributed by atoms with van der Waals surface area (Å²) in [6.07, 6.45) is 1.60. The Morgan fingerprint density at radius 3 is 2.24 bits per heavy atom. The van der Waals surface area contributed by atoms with E-state index in [9.17, 15) is 9.59 Å². The summed E-state index contributed by atoms with van der Waals surface area (Å²) in [5.74, 6) is -2.28. The van der Waals surface area contributed by atoms with Gasteiger partial charge in [-0.2, -0.15) is 4.99 Å². The summed E-state index contributed by atoms with van der Waals surface area (Å²) in [6.45, 7) is 4.10. The molecule has 8 N–H and O–H groups in total. The van der Waals surface area contributed by atoms with Gasteiger partial charge in [-0.1, -0.05) is 0 Å². The van der Waals surface area contributed by atoms with Crippen LogP contribution in [0.2, 0.25) is 0 Å². The highest BCUT2D eigenvalue weighted by Gasteiger charge is 2.31. The van der Waals surface area contributed by atoms with Crippen LogP contribution in [-0.2, 0) is 9.59 Å². The molecule has 25 heavy (non-hydrogen) atoms. The van der Waals surface area contributed by atoms with Crippen LogP contribution >= 0.6 is 0 Å². The maximum atomic E-state index is 9.64. The molecule has 0 radical (unpaired) electrons. The summed E-state index contributed by atoms with van der Waals surface area (Å²) >= 11 is 0. The molecule has 1 fully saturated rings. The van der Waals surface area contributed by atoms with Gasteiger partial charge in [-0.05, 0) is 39.9 Å². The second kappa shape index (κ2) is 9.18. The lowest BCUT2D eigenvalue weighted by atomic mass is 10.0. The fraction of sp³-hybridized carbons (Fsp3) is 0.714. The van der Waals surface area contributed by atoms with E-state index in [1.807, 2.05) is 6.92 Å². The number of piperidine rings is 1. The third kappa shape index (κ3) is 8.31. The standard InChI is InChI=1S/C10H21N7.C4H6O4/c1-10(15-8(11)13-9(12)16-10)14-7-3-5-17(2)6-4-7;5-3(6)1-2-4(7)8/h7,14H,3-6H2,1-2H3,(H5,11,12,13,15,16);1-2H2,(H,5,6)(H,7,8). The third-order valence-electron chi connectivity index (χ3n) is 3.70. The number of aliphatic imine (C=N–C) groups is 2. The van der Waals surface area contributed by atoms with Crippen molar-refractivity contribution in [3.63, 3.8) is 0 Å². The van der Waals surface area contributed by atoms with E-state index in [0.717, 1.165) is 25.9 Å². The highest BCUT2D eigenvalue weighted by atomic mass is 16.4. The van der Waals surface area contributed by atoms with E-state index in [2.05, 4.69) is 32.6 Å². The Hall–Kier alpha value is -2.40. The van der Waals surface area contributed by atoms with E-state index in [0.29, 0.717) is 12.0 Å². The Balaban J connectivity index is 0.000000333. The largest absolute Gasteiger partial charge is 0.481 e. The summed E-state index contributed by atoms with van der Waals surface area (Å²) in [5, 5.41) is 22.3. The average molecular weight is 357 g/mol. The monoisotopic (exact) mass is 357 g/mol. The van der Waals surface area contributed by atoms with Gasteiger partial charge in [-0.15, -0.1) is 0 Å². The molecule has 0 aromatic rings. The van der Waals surface area contributed by atoms with Crippen LogP contribution in [0.3, 0.4) is 0 Å². The van der Waals surface area contributed by atoms with E-state index >= 15 is 0 Å². The zero-order valence-electron chi connectivity index (χ0n) is 14.5. The molecule has 2 rings (SSSR count). The van der Waals surface area contributed by atoms with Gasteiger partial charge in [0.15, 0.2) is 11.7 Å². The zero-order chi connectivity index (χ0) is 19.0. The predicted octanol–water partition coefficient (Wildman–Crippen LogP) is -1.49. The number of nitrogens with two attached hydrogens (primary N) is 2. The van der Waals surface area contributed by atoms with Crippen molar-refractivity contribution >= 4 is 23.9 Å². The van der Waals surface area contributed by atoms with E-state index < -0.39 is 17.7 Å². The number of aliphatic carboxylic acids is 2. The van der Waals surface area contributed by atoms with Crippen LogP contribution in [0.5, 0.6) is 0 Å². The number of guanidine groups is 2.